The predicted molar refractivity (Wildman–Crippen MR) is 82.3 cm³/mol. The number of benzene rings is 2. The standard InChI is InChI=1S/C17H14BrFO2/c18-14-6-5-12(9-15(14)19)16(20)10-11-7-8-21-17-4-2-1-3-13(11)17/h1-6,9,11H,7-8,10H2. The molecule has 0 saturated heterocycles. The number of carbonyl (C=O) groups excluding carboxylic acids is 1. The van der Waals surface area contributed by atoms with E-state index in [0.29, 0.717) is 23.1 Å². The van der Waals surface area contributed by atoms with E-state index in [9.17, 15) is 9.18 Å². The molecule has 1 aliphatic heterocycles. The fourth-order valence-corrected chi connectivity index (χ4v) is 2.89. The molecular formula is C17H14BrFO2. The lowest BCUT2D eigenvalue weighted by Gasteiger charge is -2.25. The van der Waals surface area contributed by atoms with Crippen molar-refractivity contribution in [3.05, 3.63) is 63.9 Å². The van der Waals surface area contributed by atoms with Gasteiger partial charge in [0.15, 0.2) is 5.78 Å². The maximum Gasteiger partial charge on any atom is 0.163 e. The Balaban J connectivity index is 1.81. The van der Waals surface area contributed by atoms with Crippen molar-refractivity contribution in [3.8, 4) is 5.75 Å². The van der Waals surface area contributed by atoms with Crippen molar-refractivity contribution < 1.29 is 13.9 Å². The molecule has 2 aromatic rings. The molecule has 4 heteroatoms. The lowest BCUT2D eigenvalue weighted by molar-refractivity contribution is 0.0965. The number of halogens is 2. The van der Waals surface area contributed by atoms with Gasteiger partial charge in [-0.25, -0.2) is 4.39 Å². The van der Waals surface area contributed by atoms with Crippen LogP contribution in [0.1, 0.15) is 34.7 Å². The predicted octanol–water partition coefficient (Wildman–Crippen LogP) is 4.73. The molecule has 0 aromatic heterocycles. The summed E-state index contributed by atoms with van der Waals surface area (Å²) in [5.74, 6) is 0.536. The van der Waals surface area contributed by atoms with Gasteiger partial charge in [-0.15, -0.1) is 0 Å². The number of fused-ring (bicyclic) bond motifs is 1. The first-order valence-corrected chi connectivity index (χ1v) is 7.64. The van der Waals surface area contributed by atoms with Gasteiger partial charge < -0.3 is 4.74 Å². The summed E-state index contributed by atoms with van der Waals surface area (Å²) < 4.78 is 19.5. The first-order valence-electron chi connectivity index (χ1n) is 6.85. The van der Waals surface area contributed by atoms with Gasteiger partial charge in [-0.1, -0.05) is 24.3 Å². The Kier molecular flexibility index (Phi) is 4.06. The summed E-state index contributed by atoms with van der Waals surface area (Å²) in [4.78, 5) is 12.4. The van der Waals surface area contributed by atoms with Crippen LogP contribution in [0.4, 0.5) is 4.39 Å². The van der Waals surface area contributed by atoms with Crippen LogP contribution in [-0.4, -0.2) is 12.4 Å². The minimum Gasteiger partial charge on any atom is -0.493 e. The van der Waals surface area contributed by atoms with E-state index in [1.807, 2.05) is 24.3 Å². The average Bonchev–Trinajstić information content (AvgIpc) is 2.50. The second kappa shape index (κ2) is 5.98. The van der Waals surface area contributed by atoms with Gasteiger partial charge in [0.05, 0.1) is 11.1 Å². The minimum absolute atomic E-state index is 0.0388. The first kappa shape index (κ1) is 14.3. The van der Waals surface area contributed by atoms with Crippen molar-refractivity contribution in [1.29, 1.82) is 0 Å². The lowest BCUT2D eigenvalue weighted by atomic mass is 9.87. The van der Waals surface area contributed by atoms with Crippen LogP contribution in [0.25, 0.3) is 0 Å². The highest BCUT2D eigenvalue weighted by Gasteiger charge is 2.24. The van der Waals surface area contributed by atoms with Gasteiger partial charge in [-0.2, -0.15) is 0 Å². The molecule has 1 atom stereocenters. The molecule has 0 radical (unpaired) electrons. The van der Waals surface area contributed by atoms with Gasteiger partial charge in [0.2, 0.25) is 0 Å². The van der Waals surface area contributed by atoms with E-state index in [1.165, 1.54) is 6.07 Å². The number of ether oxygens (including phenoxy) is 1. The molecule has 2 aromatic carbocycles. The van der Waals surface area contributed by atoms with Crippen LogP contribution in [0.5, 0.6) is 5.75 Å². The van der Waals surface area contributed by atoms with Gasteiger partial charge in [0.1, 0.15) is 11.6 Å². The molecule has 108 valence electrons. The molecule has 3 rings (SSSR count). The Bertz CT molecular complexity index is 684. The maximum absolute atomic E-state index is 13.5. The van der Waals surface area contributed by atoms with E-state index in [0.717, 1.165) is 17.7 Å². The topological polar surface area (TPSA) is 26.3 Å². The molecule has 0 N–H and O–H groups in total. The van der Waals surface area contributed by atoms with Crippen LogP contribution in [-0.2, 0) is 0 Å². The zero-order chi connectivity index (χ0) is 14.8. The lowest BCUT2D eigenvalue weighted by Crippen LogP contribution is -2.17. The third-order valence-electron chi connectivity index (χ3n) is 3.76. The monoisotopic (exact) mass is 348 g/mol. The Hall–Kier alpha value is -1.68. The van der Waals surface area contributed by atoms with Crippen molar-refractivity contribution in [2.24, 2.45) is 0 Å². The van der Waals surface area contributed by atoms with E-state index < -0.39 is 5.82 Å². The molecule has 1 heterocycles. The molecule has 1 aliphatic rings. The minimum atomic E-state index is -0.409. The van der Waals surface area contributed by atoms with Gasteiger partial charge in [0.25, 0.3) is 0 Å². The van der Waals surface area contributed by atoms with Crippen LogP contribution in [0.2, 0.25) is 0 Å². The summed E-state index contributed by atoms with van der Waals surface area (Å²) in [5.41, 5.74) is 1.48. The van der Waals surface area contributed by atoms with Crippen molar-refractivity contribution in [2.45, 2.75) is 18.8 Å². The normalized spacial score (nSPS) is 17.0. The summed E-state index contributed by atoms with van der Waals surface area (Å²) in [6, 6.07) is 12.3. The zero-order valence-electron chi connectivity index (χ0n) is 11.3. The van der Waals surface area contributed by atoms with Gasteiger partial charge >= 0.3 is 0 Å². The van der Waals surface area contributed by atoms with Crippen LogP contribution in [0.3, 0.4) is 0 Å². The Labute approximate surface area is 131 Å². The summed E-state index contributed by atoms with van der Waals surface area (Å²) in [5, 5.41) is 0. The second-order valence-electron chi connectivity index (χ2n) is 5.13. The largest absolute Gasteiger partial charge is 0.493 e. The number of ketones is 1. The SMILES string of the molecule is O=C(CC1CCOc2ccccc21)c1ccc(Br)c(F)c1. The van der Waals surface area contributed by atoms with Gasteiger partial charge in [-0.05, 0) is 52.0 Å². The molecule has 0 amide bonds. The molecule has 0 spiro atoms. The molecule has 0 fully saturated rings. The van der Waals surface area contributed by atoms with E-state index in [2.05, 4.69) is 15.9 Å². The zero-order valence-corrected chi connectivity index (χ0v) is 12.9. The van der Waals surface area contributed by atoms with Crippen molar-refractivity contribution in [2.75, 3.05) is 6.61 Å². The average molecular weight is 349 g/mol. The number of Topliss-reactive ketones (excluding diaryl/α,β-unsaturated/α-hetero) is 1. The van der Waals surface area contributed by atoms with E-state index >= 15 is 0 Å². The fourth-order valence-electron chi connectivity index (χ4n) is 2.64. The quantitative estimate of drug-likeness (QED) is 0.749. The summed E-state index contributed by atoms with van der Waals surface area (Å²) in [7, 11) is 0. The Morgan fingerprint density at radius 3 is 2.90 bits per heavy atom. The van der Waals surface area contributed by atoms with E-state index in [-0.39, 0.29) is 11.7 Å². The smallest absolute Gasteiger partial charge is 0.163 e. The van der Waals surface area contributed by atoms with Crippen molar-refractivity contribution in [1.82, 2.24) is 0 Å². The Morgan fingerprint density at radius 1 is 1.29 bits per heavy atom. The summed E-state index contributed by atoms with van der Waals surface area (Å²) in [6.45, 7) is 0.615. The molecule has 1 unspecified atom stereocenters. The molecular weight excluding hydrogens is 335 g/mol. The highest BCUT2D eigenvalue weighted by atomic mass is 79.9. The maximum atomic E-state index is 13.5. The fraction of sp³-hybridized carbons (Fsp3) is 0.235. The van der Waals surface area contributed by atoms with Crippen molar-refractivity contribution >= 4 is 21.7 Å². The highest BCUT2D eigenvalue weighted by molar-refractivity contribution is 9.10. The van der Waals surface area contributed by atoms with Crippen LogP contribution >= 0.6 is 15.9 Å². The molecule has 21 heavy (non-hydrogen) atoms. The number of rotatable bonds is 3. The second-order valence-corrected chi connectivity index (χ2v) is 5.98. The van der Waals surface area contributed by atoms with Crippen molar-refractivity contribution in [3.63, 3.8) is 0 Å². The summed E-state index contributed by atoms with van der Waals surface area (Å²) >= 11 is 3.10. The third-order valence-corrected chi connectivity index (χ3v) is 4.40. The molecule has 0 aliphatic carbocycles. The highest BCUT2D eigenvalue weighted by Crippen LogP contribution is 2.36. The van der Waals surface area contributed by atoms with Crippen LogP contribution in [0.15, 0.2) is 46.9 Å². The number of hydrogen-bond donors (Lipinski definition) is 0. The number of hydrogen-bond acceptors (Lipinski definition) is 2. The number of carbonyl (C=O) groups is 1. The van der Waals surface area contributed by atoms with E-state index in [4.69, 9.17) is 4.74 Å². The number of para-hydroxylation sites is 1. The first-order chi connectivity index (χ1) is 10.1. The third kappa shape index (κ3) is 3.00. The Morgan fingerprint density at radius 2 is 2.10 bits per heavy atom. The van der Waals surface area contributed by atoms with E-state index in [1.54, 1.807) is 12.1 Å². The van der Waals surface area contributed by atoms with Crippen LogP contribution < -0.4 is 4.74 Å². The molecule has 0 saturated carbocycles. The van der Waals surface area contributed by atoms with Gasteiger partial charge in [0, 0.05) is 12.0 Å². The molecule has 0 bridgehead atoms. The summed E-state index contributed by atoms with van der Waals surface area (Å²) in [6.07, 6.45) is 1.18. The van der Waals surface area contributed by atoms with Gasteiger partial charge in [-0.3, -0.25) is 4.79 Å². The molecule has 2 nitrogen and oxygen atoms in total. The van der Waals surface area contributed by atoms with Crippen LogP contribution in [0, 0.1) is 5.82 Å².